The zero-order valence-electron chi connectivity index (χ0n) is 12.6. The van der Waals surface area contributed by atoms with Crippen molar-refractivity contribution in [3.63, 3.8) is 0 Å². The average molecular weight is 265 g/mol. The van der Waals surface area contributed by atoms with Crippen LogP contribution in [0.5, 0.6) is 0 Å². The van der Waals surface area contributed by atoms with Gasteiger partial charge in [-0.2, -0.15) is 0 Å². The fourth-order valence-electron chi connectivity index (χ4n) is 2.22. The van der Waals surface area contributed by atoms with Gasteiger partial charge in [0.15, 0.2) is 0 Å². The molecule has 0 unspecified atom stereocenters. The highest BCUT2D eigenvalue weighted by atomic mass is 16.2. The van der Waals surface area contributed by atoms with Crippen LogP contribution in [0.4, 0.5) is 0 Å². The van der Waals surface area contributed by atoms with Crippen LogP contribution in [0.1, 0.15) is 13.8 Å². The quantitative estimate of drug-likeness (QED) is 0.676. The first-order chi connectivity index (χ1) is 8.99. The van der Waals surface area contributed by atoms with Gasteiger partial charge >= 0.3 is 0 Å². The first-order valence-electron chi connectivity index (χ1n) is 7.01. The van der Waals surface area contributed by atoms with Crippen LogP contribution in [-0.2, 0) is 4.79 Å². The molecule has 1 aliphatic rings. The maximum absolute atomic E-state index is 12.2. The van der Waals surface area contributed by atoms with Crippen LogP contribution in [0.2, 0.25) is 0 Å². The minimum atomic E-state index is 0.151. The third kappa shape index (κ3) is 4.48. The van der Waals surface area contributed by atoms with Crippen molar-refractivity contribution in [3.05, 3.63) is 24.8 Å². The van der Waals surface area contributed by atoms with Crippen LogP contribution < -0.4 is 0 Å². The van der Waals surface area contributed by atoms with E-state index in [1.54, 1.807) is 6.08 Å². The Balaban J connectivity index is 2.42. The fraction of sp³-hybridized carbons (Fsp3) is 0.667. The molecule has 19 heavy (non-hydrogen) atoms. The Bertz CT molecular complexity index is 332. The second kappa shape index (κ2) is 7.46. The van der Waals surface area contributed by atoms with Crippen LogP contribution in [0.15, 0.2) is 24.8 Å². The van der Waals surface area contributed by atoms with Crippen molar-refractivity contribution in [2.24, 2.45) is 0 Å². The lowest BCUT2D eigenvalue weighted by Crippen LogP contribution is -2.51. The van der Waals surface area contributed by atoms with Crippen LogP contribution in [0, 0.1) is 0 Å². The molecule has 1 amide bonds. The molecule has 1 rings (SSSR count). The summed E-state index contributed by atoms with van der Waals surface area (Å²) in [5, 5.41) is 0. The second-order valence-corrected chi connectivity index (χ2v) is 5.19. The van der Waals surface area contributed by atoms with E-state index in [2.05, 4.69) is 25.0 Å². The van der Waals surface area contributed by atoms with Gasteiger partial charge in [0.05, 0.1) is 6.54 Å². The first-order valence-corrected chi connectivity index (χ1v) is 7.01. The third-order valence-electron chi connectivity index (χ3n) is 4.02. The van der Waals surface area contributed by atoms with Crippen molar-refractivity contribution in [2.45, 2.75) is 19.9 Å². The lowest BCUT2D eigenvalue weighted by molar-refractivity contribution is -0.134. The van der Waals surface area contributed by atoms with Crippen molar-refractivity contribution in [1.82, 2.24) is 14.7 Å². The van der Waals surface area contributed by atoms with Gasteiger partial charge in [-0.25, -0.2) is 0 Å². The van der Waals surface area contributed by atoms with E-state index < -0.39 is 0 Å². The number of carbonyl (C=O) groups excluding carboxylic acids is 1. The Morgan fingerprint density at radius 1 is 1.37 bits per heavy atom. The van der Waals surface area contributed by atoms with Crippen LogP contribution in [0.25, 0.3) is 0 Å². The molecule has 0 aromatic rings. The van der Waals surface area contributed by atoms with E-state index in [1.165, 1.54) is 0 Å². The maximum Gasteiger partial charge on any atom is 0.236 e. The Labute approximate surface area is 117 Å². The highest BCUT2D eigenvalue weighted by Crippen LogP contribution is 2.09. The molecule has 0 aromatic heterocycles. The molecule has 1 saturated heterocycles. The fourth-order valence-corrected chi connectivity index (χ4v) is 2.22. The lowest BCUT2D eigenvalue weighted by Gasteiger charge is -2.35. The van der Waals surface area contributed by atoms with Crippen LogP contribution >= 0.6 is 0 Å². The van der Waals surface area contributed by atoms with Gasteiger partial charge in [-0.1, -0.05) is 26.2 Å². The molecule has 0 aliphatic carbocycles. The molecular formula is C15H27N3O. The highest BCUT2D eigenvalue weighted by molar-refractivity contribution is 5.78. The second-order valence-electron chi connectivity index (χ2n) is 5.19. The van der Waals surface area contributed by atoms with Gasteiger partial charge in [-0.05, 0) is 26.1 Å². The number of rotatable bonds is 6. The molecule has 0 radical (unpaired) electrons. The maximum atomic E-state index is 12.2. The number of piperazine rings is 1. The molecule has 1 aliphatic heterocycles. The normalized spacial score (nSPS) is 18.4. The van der Waals surface area contributed by atoms with Crippen molar-refractivity contribution >= 4 is 5.91 Å². The topological polar surface area (TPSA) is 26.8 Å². The van der Waals surface area contributed by atoms with Gasteiger partial charge < -0.3 is 9.80 Å². The Morgan fingerprint density at radius 3 is 2.42 bits per heavy atom. The van der Waals surface area contributed by atoms with Crippen molar-refractivity contribution in [1.29, 1.82) is 0 Å². The molecule has 0 N–H and O–H groups in total. The molecule has 0 saturated carbocycles. The van der Waals surface area contributed by atoms with Crippen LogP contribution in [-0.4, -0.2) is 73.0 Å². The Morgan fingerprint density at radius 2 is 1.95 bits per heavy atom. The van der Waals surface area contributed by atoms with Crippen molar-refractivity contribution < 1.29 is 4.79 Å². The molecule has 4 nitrogen and oxygen atoms in total. The first kappa shape index (κ1) is 15.9. The summed E-state index contributed by atoms with van der Waals surface area (Å²) in [6, 6.07) is 0.151. The van der Waals surface area contributed by atoms with Gasteiger partial charge in [0, 0.05) is 32.2 Å². The van der Waals surface area contributed by atoms with Gasteiger partial charge in [0.25, 0.3) is 0 Å². The lowest BCUT2D eigenvalue weighted by atomic mass is 10.1. The summed E-state index contributed by atoms with van der Waals surface area (Å²) in [6.45, 7) is 17.1. The molecule has 0 spiro atoms. The molecule has 4 heteroatoms. The van der Waals surface area contributed by atoms with E-state index in [0.717, 1.165) is 38.3 Å². The van der Waals surface area contributed by atoms with Gasteiger partial charge in [0.2, 0.25) is 5.91 Å². The van der Waals surface area contributed by atoms with Gasteiger partial charge in [-0.15, -0.1) is 0 Å². The smallest absolute Gasteiger partial charge is 0.236 e. The summed E-state index contributed by atoms with van der Waals surface area (Å²) < 4.78 is 0. The molecule has 108 valence electrons. The van der Waals surface area contributed by atoms with Crippen LogP contribution in [0.3, 0.4) is 0 Å². The Hall–Kier alpha value is -1.13. The molecule has 1 heterocycles. The van der Waals surface area contributed by atoms with Crippen molar-refractivity contribution in [2.75, 3.05) is 46.3 Å². The highest BCUT2D eigenvalue weighted by Gasteiger charge is 2.22. The van der Waals surface area contributed by atoms with E-state index in [4.69, 9.17) is 0 Å². The third-order valence-corrected chi connectivity index (χ3v) is 4.02. The predicted molar refractivity (Wildman–Crippen MR) is 80.1 cm³/mol. The number of hydrogen-bond acceptors (Lipinski definition) is 3. The summed E-state index contributed by atoms with van der Waals surface area (Å²) in [7, 11) is 1.96. The molecular weight excluding hydrogens is 238 g/mol. The SMILES string of the molecule is C=CC(=C)[C@H](C)N(C)CC(=O)N1CCN(CC)CC1. The zero-order chi connectivity index (χ0) is 14.4. The van der Waals surface area contributed by atoms with Gasteiger partial charge in [-0.3, -0.25) is 9.69 Å². The summed E-state index contributed by atoms with van der Waals surface area (Å²) in [5.74, 6) is 0.210. The minimum absolute atomic E-state index is 0.151. The summed E-state index contributed by atoms with van der Waals surface area (Å²) >= 11 is 0. The number of nitrogens with zero attached hydrogens (tertiary/aromatic N) is 3. The number of carbonyl (C=O) groups is 1. The summed E-state index contributed by atoms with van der Waals surface area (Å²) in [5.41, 5.74) is 0.950. The largest absolute Gasteiger partial charge is 0.339 e. The number of hydrogen-bond donors (Lipinski definition) is 0. The standard InChI is InChI=1S/C15H27N3O/c1-6-13(3)14(4)16(5)12-15(19)18-10-8-17(7-2)9-11-18/h6,14H,1,3,7-12H2,2,4-5H3/t14-/m0/s1. The summed E-state index contributed by atoms with van der Waals surface area (Å²) in [4.78, 5) is 18.6. The van der Waals surface area contributed by atoms with E-state index in [-0.39, 0.29) is 11.9 Å². The monoisotopic (exact) mass is 265 g/mol. The van der Waals surface area contributed by atoms with E-state index in [0.29, 0.717) is 6.54 Å². The molecule has 0 bridgehead atoms. The average Bonchev–Trinajstić information content (AvgIpc) is 2.45. The molecule has 1 fully saturated rings. The van der Waals surface area contributed by atoms with E-state index in [1.807, 2.05) is 23.8 Å². The summed E-state index contributed by atoms with van der Waals surface area (Å²) in [6.07, 6.45) is 1.76. The number of likely N-dealkylation sites (N-methyl/N-ethyl adjacent to an activating group) is 2. The predicted octanol–water partition coefficient (Wildman–Crippen LogP) is 1.21. The molecule has 0 aromatic carbocycles. The van der Waals surface area contributed by atoms with Crippen molar-refractivity contribution in [3.8, 4) is 0 Å². The molecule has 1 atom stereocenters. The zero-order valence-corrected chi connectivity index (χ0v) is 12.6. The van der Waals surface area contributed by atoms with E-state index in [9.17, 15) is 4.79 Å². The van der Waals surface area contributed by atoms with Gasteiger partial charge in [0.1, 0.15) is 0 Å². The number of amides is 1. The van der Waals surface area contributed by atoms with E-state index >= 15 is 0 Å². The minimum Gasteiger partial charge on any atom is -0.339 e. The Kier molecular flexibility index (Phi) is 6.25.